The van der Waals surface area contributed by atoms with Gasteiger partial charge in [-0.25, -0.2) is 4.39 Å². The standard InChI is InChI=1S/C18H21FN4O2/c19-15-4-1-3-14(11-15)12-17(24)22-7-2-8-23(10-9-22)18(25)13-16-5-6-20-21-16/h1,3-6,11H,2,7-10,12-13H2,(H,20,21). The molecule has 1 fully saturated rings. The zero-order valence-electron chi connectivity index (χ0n) is 13.9. The van der Waals surface area contributed by atoms with Crippen molar-refractivity contribution in [3.05, 3.63) is 53.6 Å². The van der Waals surface area contributed by atoms with E-state index >= 15 is 0 Å². The molecule has 1 aliphatic rings. The normalized spacial score (nSPS) is 15.1. The Kier molecular flexibility index (Phi) is 5.42. The first-order valence-corrected chi connectivity index (χ1v) is 8.40. The molecule has 1 N–H and O–H groups in total. The van der Waals surface area contributed by atoms with Gasteiger partial charge in [-0.3, -0.25) is 14.7 Å². The van der Waals surface area contributed by atoms with Gasteiger partial charge in [-0.1, -0.05) is 12.1 Å². The number of hydrogen-bond donors (Lipinski definition) is 1. The van der Waals surface area contributed by atoms with Gasteiger partial charge in [0.1, 0.15) is 5.82 Å². The summed E-state index contributed by atoms with van der Waals surface area (Å²) < 4.78 is 13.2. The van der Waals surface area contributed by atoms with Gasteiger partial charge in [0.2, 0.25) is 11.8 Å². The average Bonchev–Trinajstić information content (AvgIpc) is 2.95. The van der Waals surface area contributed by atoms with Crippen LogP contribution in [0.15, 0.2) is 36.5 Å². The summed E-state index contributed by atoms with van der Waals surface area (Å²) in [6.45, 7) is 2.27. The van der Waals surface area contributed by atoms with E-state index in [2.05, 4.69) is 10.2 Å². The van der Waals surface area contributed by atoms with Gasteiger partial charge in [0, 0.05) is 38.1 Å². The molecule has 0 saturated carbocycles. The first-order valence-electron chi connectivity index (χ1n) is 8.40. The fourth-order valence-electron chi connectivity index (χ4n) is 3.01. The van der Waals surface area contributed by atoms with Crippen LogP contribution in [0, 0.1) is 5.82 Å². The third-order valence-corrected chi connectivity index (χ3v) is 4.35. The van der Waals surface area contributed by atoms with Crippen molar-refractivity contribution in [1.29, 1.82) is 0 Å². The summed E-state index contributed by atoms with van der Waals surface area (Å²) in [5.41, 5.74) is 1.45. The molecule has 1 aromatic heterocycles. The van der Waals surface area contributed by atoms with Crippen molar-refractivity contribution in [2.75, 3.05) is 26.2 Å². The summed E-state index contributed by atoms with van der Waals surface area (Å²) in [5, 5.41) is 6.63. The fourth-order valence-corrected chi connectivity index (χ4v) is 3.01. The number of benzene rings is 1. The highest BCUT2D eigenvalue weighted by atomic mass is 19.1. The minimum atomic E-state index is -0.336. The van der Waals surface area contributed by atoms with Gasteiger partial charge in [-0.15, -0.1) is 0 Å². The fraction of sp³-hybridized carbons (Fsp3) is 0.389. The van der Waals surface area contributed by atoms with Crippen LogP contribution in [-0.2, 0) is 22.4 Å². The van der Waals surface area contributed by atoms with Gasteiger partial charge in [-0.05, 0) is 30.2 Å². The molecular formula is C18H21FN4O2. The van der Waals surface area contributed by atoms with E-state index in [0.29, 0.717) is 31.7 Å². The van der Waals surface area contributed by atoms with Crippen molar-refractivity contribution in [3.8, 4) is 0 Å². The van der Waals surface area contributed by atoms with Crippen LogP contribution in [0.2, 0.25) is 0 Å². The maximum absolute atomic E-state index is 13.2. The molecule has 2 amide bonds. The highest BCUT2D eigenvalue weighted by Crippen LogP contribution is 2.10. The molecule has 6 nitrogen and oxygen atoms in total. The summed E-state index contributed by atoms with van der Waals surface area (Å²) in [5.74, 6) is -0.339. The smallest absolute Gasteiger partial charge is 0.228 e. The lowest BCUT2D eigenvalue weighted by Gasteiger charge is -2.22. The van der Waals surface area contributed by atoms with E-state index < -0.39 is 0 Å². The molecule has 0 atom stereocenters. The lowest BCUT2D eigenvalue weighted by Crippen LogP contribution is -2.38. The topological polar surface area (TPSA) is 69.3 Å². The van der Waals surface area contributed by atoms with E-state index in [1.54, 1.807) is 34.2 Å². The van der Waals surface area contributed by atoms with Crippen molar-refractivity contribution < 1.29 is 14.0 Å². The maximum Gasteiger partial charge on any atom is 0.228 e. The minimum Gasteiger partial charge on any atom is -0.341 e. The number of rotatable bonds is 4. The number of amides is 2. The Labute approximate surface area is 145 Å². The van der Waals surface area contributed by atoms with Crippen molar-refractivity contribution in [3.63, 3.8) is 0 Å². The lowest BCUT2D eigenvalue weighted by atomic mass is 10.1. The molecule has 2 heterocycles. The maximum atomic E-state index is 13.2. The van der Waals surface area contributed by atoms with Gasteiger partial charge in [-0.2, -0.15) is 5.10 Å². The number of H-pyrrole nitrogens is 1. The Bertz CT molecular complexity index is 732. The number of carbonyl (C=O) groups is 2. The molecule has 25 heavy (non-hydrogen) atoms. The summed E-state index contributed by atoms with van der Waals surface area (Å²) in [4.78, 5) is 28.4. The van der Waals surface area contributed by atoms with E-state index in [1.165, 1.54) is 12.1 Å². The molecular weight excluding hydrogens is 323 g/mol. The Morgan fingerprint density at radius 2 is 1.76 bits per heavy atom. The second-order valence-electron chi connectivity index (χ2n) is 6.18. The number of nitrogens with one attached hydrogen (secondary N) is 1. The highest BCUT2D eigenvalue weighted by Gasteiger charge is 2.22. The third-order valence-electron chi connectivity index (χ3n) is 4.35. The summed E-state index contributed by atoms with van der Waals surface area (Å²) in [7, 11) is 0. The molecule has 2 aromatic rings. The second-order valence-corrected chi connectivity index (χ2v) is 6.18. The number of nitrogens with zero attached hydrogens (tertiary/aromatic N) is 3. The number of carbonyl (C=O) groups excluding carboxylic acids is 2. The number of aromatic nitrogens is 2. The molecule has 0 radical (unpaired) electrons. The Hall–Kier alpha value is -2.70. The van der Waals surface area contributed by atoms with Crippen molar-refractivity contribution in [2.45, 2.75) is 19.3 Å². The molecule has 0 aliphatic carbocycles. The van der Waals surface area contributed by atoms with E-state index in [1.807, 2.05) is 0 Å². The molecule has 7 heteroatoms. The van der Waals surface area contributed by atoms with E-state index in [4.69, 9.17) is 0 Å². The first-order chi connectivity index (χ1) is 12.1. The van der Waals surface area contributed by atoms with Crippen LogP contribution >= 0.6 is 0 Å². The van der Waals surface area contributed by atoms with Gasteiger partial charge < -0.3 is 9.80 Å². The SMILES string of the molecule is O=C(Cc1cccc(F)c1)N1CCCN(C(=O)Cc2ccn[nH]2)CC1. The Balaban J connectivity index is 1.54. The quantitative estimate of drug-likeness (QED) is 0.911. The summed E-state index contributed by atoms with van der Waals surface area (Å²) in [6.07, 6.45) is 2.83. The molecule has 132 valence electrons. The highest BCUT2D eigenvalue weighted by molar-refractivity contribution is 5.80. The van der Waals surface area contributed by atoms with Crippen LogP contribution in [0.4, 0.5) is 4.39 Å². The lowest BCUT2D eigenvalue weighted by molar-refractivity contribution is -0.132. The zero-order valence-corrected chi connectivity index (χ0v) is 13.9. The summed E-state index contributed by atoms with van der Waals surface area (Å²) in [6, 6.07) is 7.89. The molecule has 3 rings (SSSR count). The molecule has 0 unspecified atom stereocenters. The van der Waals surface area contributed by atoms with Gasteiger partial charge in [0.05, 0.1) is 12.8 Å². The molecule has 0 spiro atoms. The molecule has 1 aliphatic heterocycles. The molecule has 1 aromatic carbocycles. The average molecular weight is 344 g/mol. The third kappa shape index (κ3) is 4.65. The van der Waals surface area contributed by atoms with Gasteiger partial charge in [0.25, 0.3) is 0 Å². The van der Waals surface area contributed by atoms with E-state index in [-0.39, 0.29) is 30.5 Å². The Morgan fingerprint density at radius 1 is 1.04 bits per heavy atom. The van der Waals surface area contributed by atoms with Crippen LogP contribution in [0.1, 0.15) is 17.7 Å². The van der Waals surface area contributed by atoms with Gasteiger partial charge >= 0.3 is 0 Å². The van der Waals surface area contributed by atoms with Crippen LogP contribution in [0.5, 0.6) is 0 Å². The van der Waals surface area contributed by atoms with Crippen molar-refractivity contribution in [1.82, 2.24) is 20.0 Å². The predicted octanol–water partition coefficient (Wildman–Crippen LogP) is 1.39. The summed E-state index contributed by atoms with van der Waals surface area (Å²) >= 11 is 0. The zero-order chi connectivity index (χ0) is 17.6. The molecule has 0 bridgehead atoms. The Morgan fingerprint density at radius 3 is 2.40 bits per heavy atom. The van der Waals surface area contributed by atoms with Crippen LogP contribution < -0.4 is 0 Å². The van der Waals surface area contributed by atoms with Gasteiger partial charge in [0.15, 0.2) is 0 Å². The molecule has 1 saturated heterocycles. The van der Waals surface area contributed by atoms with E-state index in [9.17, 15) is 14.0 Å². The number of aromatic amines is 1. The minimum absolute atomic E-state index is 0.0312. The van der Waals surface area contributed by atoms with Crippen LogP contribution in [-0.4, -0.2) is 58.0 Å². The largest absolute Gasteiger partial charge is 0.341 e. The van der Waals surface area contributed by atoms with Crippen LogP contribution in [0.25, 0.3) is 0 Å². The van der Waals surface area contributed by atoms with E-state index in [0.717, 1.165) is 12.1 Å². The van der Waals surface area contributed by atoms with Crippen LogP contribution in [0.3, 0.4) is 0 Å². The number of halogens is 1. The number of hydrogen-bond acceptors (Lipinski definition) is 3. The van der Waals surface area contributed by atoms with Crippen molar-refractivity contribution in [2.24, 2.45) is 0 Å². The second kappa shape index (κ2) is 7.92. The van der Waals surface area contributed by atoms with Crippen molar-refractivity contribution >= 4 is 11.8 Å². The predicted molar refractivity (Wildman–Crippen MR) is 90.2 cm³/mol. The first kappa shape index (κ1) is 17.1. The monoisotopic (exact) mass is 344 g/mol.